The van der Waals surface area contributed by atoms with Gasteiger partial charge in [-0.1, -0.05) is 25.3 Å². The Bertz CT molecular complexity index is 657. The molecule has 0 bridgehead atoms. The zero-order chi connectivity index (χ0) is 14.9. The Morgan fingerprint density at radius 2 is 2.05 bits per heavy atom. The predicted molar refractivity (Wildman–Crippen MR) is 79.3 cm³/mol. The van der Waals surface area contributed by atoms with E-state index >= 15 is 0 Å². The van der Waals surface area contributed by atoms with Crippen molar-refractivity contribution in [2.75, 3.05) is 6.61 Å². The SMILES string of the molecule is O=C(O)c1cccc2ncn(CC3(CO)CCCCC3)c12. The minimum absolute atomic E-state index is 0.141. The van der Waals surface area contributed by atoms with Gasteiger partial charge in [-0.25, -0.2) is 9.78 Å². The number of fused-ring (bicyclic) bond motifs is 1. The molecule has 1 aromatic carbocycles. The number of benzene rings is 1. The Morgan fingerprint density at radius 1 is 1.29 bits per heavy atom. The molecule has 2 aromatic rings. The van der Waals surface area contributed by atoms with Crippen molar-refractivity contribution in [3.63, 3.8) is 0 Å². The number of aliphatic hydroxyl groups excluding tert-OH is 1. The summed E-state index contributed by atoms with van der Waals surface area (Å²) in [7, 11) is 0. The van der Waals surface area contributed by atoms with Crippen LogP contribution in [-0.4, -0.2) is 32.3 Å². The van der Waals surface area contributed by atoms with Crippen LogP contribution in [-0.2, 0) is 6.54 Å². The minimum Gasteiger partial charge on any atom is -0.478 e. The maximum absolute atomic E-state index is 11.4. The predicted octanol–water partition coefficient (Wildman–Crippen LogP) is 2.68. The lowest BCUT2D eigenvalue weighted by Gasteiger charge is -2.36. The molecule has 0 spiro atoms. The van der Waals surface area contributed by atoms with E-state index in [0.29, 0.717) is 17.6 Å². The second-order valence-corrected chi connectivity index (χ2v) is 6.07. The summed E-state index contributed by atoms with van der Waals surface area (Å²) in [5.74, 6) is -0.941. The molecule has 0 aliphatic heterocycles. The first kappa shape index (κ1) is 14.1. The van der Waals surface area contributed by atoms with Crippen LogP contribution in [0.25, 0.3) is 11.0 Å². The summed E-state index contributed by atoms with van der Waals surface area (Å²) in [5, 5.41) is 19.2. The van der Waals surface area contributed by atoms with Gasteiger partial charge in [0.15, 0.2) is 0 Å². The molecule has 2 N–H and O–H groups in total. The van der Waals surface area contributed by atoms with Crippen molar-refractivity contribution in [1.82, 2.24) is 9.55 Å². The van der Waals surface area contributed by atoms with E-state index in [4.69, 9.17) is 0 Å². The number of nitrogens with zero attached hydrogens (tertiary/aromatic N) is 2. The second kappa shape index (κ2) is 5.48. The van der Waals surface area contributed by atoms with E-state index in [1.165, 1.54) is 6.42 Å². The van der Waals surface area contributed by atoms with Gasteiger partial charge < -0.3 is 14.8 Å². The van der Waals surface area contributed by atoms with Crippen LogP contribution in [0, 0.1) is 5.41 Å². The van der Waals surface area contributed by atoms with Gasteiger partial charge in [0.1, 0.15) is 0 Å². The molecule has 1 aliphatic carbocycles. The summed E-state index contributed by atoms with van der Waals surface area (Å²) in [6.45, 7) is 0.770. The fourth-order valence-corrected chi connectivity index (χ4v) is 3.45. The number of carboxylic acids is 1. The Hall–Kier alpha value is -1.88. The molecule has 1 heterocycles. The van der Waals surface area contributed by atoms with Gasteiger partial charge in [-0.15, -0.1) is 0 Å². The molecule has 0 atom stereocenters. The molecule has 21 heavy (non-hydrogen) atoms. The maximum Gasteiger partial charge on any atom is 0.337 e. The summed E-state index contributed by atoms with van der Waals surface area (Å²) < 4.78 is 1.90. The fraction of sp³-hybridized carbons (Fsp3) is 0.500. The molecule has 5 heteroatoms. The van der Waals surface area contributed by atoms with E-state index in [2.05, 4.69) is 4.98 Å². The number of hydrogen-bond acceptors (Lipinski definition) is 3. The van der Waals surface area contributed by atoms with E-state index in [-0.39, 0.29) is 17.6 Å². The summed E-state index contributed by atoms with van der Waals surface area (Å²) in [5.41, 5.74) is 1.48. The van der Waals surface area contributed by atoms with Crippen LogP contribution in [0.4, 0.5) is 0 Å². The van der Waals surface area contributed by atoms with Gasteiger partial charge in [-0.05, 0) is 25.0 Å². The van der Waals surface area contributed by atoms with Crippen molar-refractivity contribution in [3.8, 4) is 0 Å². The first-order valence-electron chi connectivity index (χ1n) is 7.43. The van der Waals surface area contributed by atoms with Crippen LogP contribution in [0.1, 0.15) is 42.5 Å². The molecule has 0 radical (unpaired) electrons. The number of carbonyl (C=O) groups is 1. The molecule has 1 fully saturated rings. The molecule has 112 valence electrons. The molecule has 0 saturated heterocycles. The summed E-state index contributed by atoms with van der Waals surface area (Å²) >= 11 is 0. The summed E-state index contributed by atoms with van der Waals surface area (Å²) in [4.78, 5) is 15.7. The molecule has 3 rings (SSSR count). The topological polar surface area (TPSA) is 75.3 Å². The highest BCUT2D eigenvalue weighted by molar-refractivity contribution is 6.01. The Kier molecular flexibility index (Phi) is 3.68. The van der Waals surface area contributed by atoms with Crippen molar-refractivity contribution < 1.29 is 15.0 Å². The molecule has 1 aliphatic rings. The van der Waals surface area contributed by atoms with Gasteiger partial charge in [0.2, 0.25) is 0 Å². The van der Waals surface area contributed by atoms with Crippen LogP contribution in [0.15, 0.2) is 24.5 Å². The zero-order valence-electron chi connectivity index (χ0n) is 12.0. The number of rotatable bonds is 4. The molecule has 5 nitrogen and oxygen atoms in total. The lowest BCUT2D eigenvalue weighted by atomic mass is 9.74. The van der Waals surface area contributed by atoms with Crippen LogP contribution in [0.2, 0.25) is 0 Å². The highest BCUT2D eigenvalue weighted by atomic mass is 16.4. The summed E-state index contributed by atoms with van der Waals surface area (Å²) in [6, 6.07) is 5.14. The Labute approximate surface area is 123 Å². The van der Waals surface area contributed by atoms with Crippen LogP contribution < -0.4 is 0 Å². The first-order valence-corrected chi connectivity index (χ1v) is 7.43. The van der Waals surface area contributed by atoms with Gasteiger partial charge in [0.05, 0.1) is 29.5 Å². The van der Waals surface area contributed by atoms with E-state index < -0.39 is 5.97 Å². The van der Waals surface area contributed by atoms with Crippen LogP contribution in [0.5, 0.6) is 0 Å². The van der Waals surface area contributed by atoms with E-state index in [1.807, 2.05) is 10.6 Å². The van der Waals surface area contributed by atoms with E-state index in [9.17, 15) is 15.0 Å². The standard InChI is InChI=1S/C16H20N2O3/c19-10-16(7-2-1-3-8-16)9-18-11-17-13-6-4-5-12(14(13)18)15(20)21/h4-6,11,19H,1-3,7-10H2,(H,20,21). The van der Waals surface area contributed by atoms with Crippen LogP contribution >= 0.6 is 0 Å². The highest BCUT2D eigenvalue weighted by Crippen LogP contribution is 2.38. The number of aromatic nitrogens is 2. The second-order valence-electron chi connectivity index (χ2n) is 6.07. The average Bonchev–Trinajstić information content (AvgIpc) is 2.91. The van der Waals surface area contributed by atoms with Crippen molar-refractivity contribution in [3.05, 3.63) is 30.1 Å². The Balaban J connectivity index is 2.02. The lowest BCUT2D eigenvalue weighted by Crippen LogP contribution is -2.33. The highest BCUT2D eigenvalue weighted by Gasteiger charge is 2.32. The van der Waals surface area contributed by atoms with Gasteiger partial charge in [0, 0.05) is 12.0 Å². The van der Waals surface area contributed by atoms with Crippen molar-refractivity contribution in [1.29, 1.82) is 0 Å². The van der Waals surface area contributed by atoms with Gasteiger partial charge in [-0.3, -0.25) is 0 Å². The average molecular weight is 288 g/mol. The smallest absolute Gasteiger partial charge is 0.337 e. The van der Waals surface area contributed by atoms with Gasteiger partial charge >= 0.3 is 5.97 Å². The number of carboxylic acid groups (broad SMARTS) is 1. The normalized spacial score (nSPS) is 18.0. The van der Waals surface area contributed by atoms with Gasteiger partial charge in [0.25, 0.3) is 0 Å². The molecular formula is C16H20N2O3. The van der Waals surface area contributed by atoms with E-state index in [1.54, 1.807) is 18.5 Å². The minimum atomic E-state index is -0.941. The molecule has 1 aromatic heterocycles. The van der Waals surface area contributed by atoms with Crippen molar-refractivity contribution in [2.45, 2.75) is 38.6 Å². The summed E-state index contributed by atoms with van der Waals surface area (Å²) in [6.07, 6.45) is 7.13. The number of para-hydroxylation sites is 1. The van der Waals surface area contributed by atoms with Crippen molar-refractivity contribution in [2.24, 2.45) is 5.41 Å². The Morgan fingerprint density at radius 3 is 2.71 bits per heavy atom. The quantitative estimate of drug-likeness (QED) is 0.907. The third-order valence-corrected chi connectivity index (χ3v) is 4.62. The molecule has 1 saturated carbocycles. The third-order valence-electron chi connectivity index (χ3n) is 4.62. The third kappa shape index (κ3) is 2.53. The van der Waals surface area contributed by atoms with Gasteiger partial charge in [-0.2, -0.15) is 0 Å². The maximum atomic E-state index is 11.4. The molecule has 0 unspecified atom stereocenters. The number of hydrogen-bond donors (Lipinski definition) is 2. The fourth-order valence-electron chi connectivity index (χ4n) is 3.45. The zero-order valence-corrected chi connectivity index (χ0v) is 12.0. The van der Waals surface area contributed by atoms with E-state index in [0.717, 1.165) is 25.7 Å². The monoisotopic (exact) mass is 288 g/mol. The number of imidazole rings is 1. The molecule has 0 amide bonds. The number of aromatic carboxylic acids is 1. The lowest BCUT2D eigenvalue weighted by molar-refractivity contribution is 0.0652. The first-order chi connectivity index (χ1) is 10.2. The molecular weight excluding hydrogens is 268 g/mol. The largest absolute Gasteiger partial charge is 0.478 e. The number of aliphatic hydroxyl groups is 1. The van der Waals surface area contributed by atoms with Crippen molar-refractivity contribution >= 4 is 17.0 Å². The van der Waals surface area contributed by atoms with Crippen LogP contribution in [0.3, 0.4) is 0 Å².